The molecule has 2 aromatic carbocycles. The summed E-state index contributed by atoms with van der Waals surface area (Å²) in [6.07, 6.45) is 0. The molecule has 0 saturated heterocycles. The molecule has 1 aromatic heterocycles. The van der Waals surface area contributed by atoms with Crippen LogP contribution in [0.5, 0.6) is 0 Å². The van der Waals surface area contributed by atoms with Crippen LogP contribution in [0.4, 0.5) is 0 Å². The number of rotatable bonds is 2. The summed E-state index contributed by atoms with van der Waals surface area (Å²) in [6.45, 7) is 4.14. The minimum atomic E-state index is -0.936. The molecule has 0 radical (unpaired) electrons. The van der Waals surface area contributed by atoms with Crippen molar-refractivity contribution in [3.05, 3.63) is 59.3 Å². The van der Waals surface area contributed by atoms with E-state index in [1.54, 1.807) is 6.07 Å². The Kier molecular flexibility index (Phi) is 2.83. The van der Waals surface area contributed by atoms with E-state index in [-0.39, 0.29) is 5.69 Å². The number of hydrogen-bond acceptors (Lipinski definition) is 1. The smallest absolute Gasteiger partial charge is 0.352 e. The van der Waals surface area contributed by atoms with E-state index < -0.39 is 5.97 Å². The predicted octanol–water partition coefficient (Wildman–Crippen LogP) is 4.15. The van der Waals surface area contributed by atoms with E-state index in [0.717, 1.165) is 22.0 Å². The van der Waals surface area contributed by atoms with Gasteiger partial charge in [0.05, 0.1) is 5.52 Å². The Bertz CT molecular complexity index is 795. The molecule has 0 saturated carbocycles. The number of H-pyrrole nitrogens is 1. The third-order valence-corrected chi connectivity index (χ3v) is 3.64. The molecule has 1 heterocycles. The van der Waals surface area contributed by atoms with Crippen LogP contribution in [0.15, 0.2) is 42.5 Å². The van der Waals surface area contributed by atoms with Crippen molar-refractivity contribution in [2.24, 2.45) is 0 Å². The minimum Gasteiger partial charge on any atom is -0.477 e. The number of aromatic carboxylic acids is 1. The SMILES string of the molecule is Cc1cccc(C)c1-c1cccc2cc(C(=O)O)[nH]c12. The topological polar surface area (TPSA) is 53.1 Å². The van der Waals surface area contributed by atoms with Gasteiger partial charge in [0.15, 0.2) is 0 Å². The lowest BCUT2D eigenvalue weighted by Crippen LogP contribution is -1.95. The van der Waals surface area contributed by atoms with E-state index in [0.29, 0.717) is 0 Å². The van der Waals surface area contributed by atoms with Crippen LogP contribution in [-0.2, 0) is 0 Å². The number of benzene rings is 2. The van der Waals surface area contributed by atoms with Crippen LogP contribution >= 0.6 is 0 Å². The van der Waals surface area contributed by atoms with Crippen LogP contribution in [0.3, 0.4) is 0 Å². The fourth-order valence-electron chi connectivity index (χ4n) is 2.72. The summed E-state index contributed by atoms with van der Waals surface area (Å²) < 4.78 is 0. The normalized spacial score (nSPS) is 10.9. The summed E-state index contributed by atoms with van der Waals surface area (Å²) in [5.41, 5.74) is 5.68. The highest BCUT2D eigenvalue weighted by Gasteiger charge is 2.13. The van der Waals surface area contributed by atoms with Crippen LogP contribution < -0.4 is 0 Å². The Morgan fingerprint density at radius 3 is 2.35 bits per heavy atom. The molecule has 2 N–H and O–H groups in total. The molecule has 0 amide bonds. The van der Waals surface area contributed by atoms with Crippen LogP contribution in [-0.4, -0.2) is 16.1 Å². The van der Waals surface area contributed by atoms with Crippen LogP contribution in [0.2, 0.25) is 0 Å². The molecule has 100 valence electrons. The van der Waals surface area contributed by atoms with Crippen molar-refractivity contribution in [1.82, 2.24) is 4.98 Å². The Labute approximate surface area is 116 Å². The van der Waals surface area contributed by atoms with Gasteiger partial charge in [-0.2, -0.15) is 0 Å². The van der Waals surface area contributed by atoms with Gasteiger partial charge in [0.25, 0.3) is 0 Å². The van der Waals surface area contributed by atoms with Gasteiger partial charge in [0, 0.05) is 10.9 Å². The van der Waals surface area contributed by atoms with E-state index in [2.05, 4.69) is 31.0 Å². The molecule has 0 unspecified atom stereocenters. The third-order valence-electron chi connectivity index (χ3n) is 3.64. The molecule has 20 heavy (non-hydrogen) atoms. The maximum atomic E-state index is 11.1. The molecule has 3 nitrogen and oxygen atoms in total. The molecule has 0 aliphatic heterocycles. The lowest BCUT2D eigenvalue weighted by molar-refractivity contribution is 0.0691. The van der Waals surface area contributed by atoms with Gasteiger partial charge in [-0.3, -0.25) is 0 Å². The van der Waals surface area contributed by atoms with E-state index in [9.17, 15) is 4.79 Å². The van der Waals surface area contributed by atoms with Gasteiger partial charge in [-0.05, 0) is 36.6 Å². The van der Waals surface area contributed by atoms with Gasteiger partial charge in [-0.15, -0.1) is 0 Å². The lowest BCUT2D eigenvalue weighted by atomic mass is 9.94. The van der Waals surface area contributed by atoms with Crippen molar-refractivity contribution in [2.45, 2.75) is 13.8 Å². The van der Waals surface area contributed by atoms with Gasteiger partial charge in [0.1, 0.15) is 5.69 Å². The summed E-state index contributed by atoms with van der Waals surface area (Å²) in [6, 6.07) is 13.8. The summed E-state index contributed by atoms with van der Waals surface area (Å²) in [5, 5.41) is 10.0. The largest absolute Gasteiger partial charge is 0.477 e. The molecule has 3 rings (SSSR count). The maximum Gasteiger partial charge on any atom is 0.352 e. The van der Waals surface area contributed by atoms with Crippen LogP contribution in [0.25, 0.3) is 22.0 Å². The van der Waals surface area contributed by atoms with Gasteiger partial charge in [-0.25, -0.2) is 4.79 Å². The Morgan fingerprint density at radius 1 is 1.05 bits per heavy atom. The first kappa shape index (κ1) is 12.5. The highest BCUT2D eigenvalue weighted by atomic mass is 16.4. The molecule has 3 heteroatoms. The molecular formula is C17H15NO2. The molecule has 3 aromatic rings. The third kappa shape index (κ3) is 1.88. The number of carboxylic acid groups (broad SMARTS) is 1. The standard InChI is InChI=1S/C17H15NO2/c1-10-5-3-6-11(2)15(10)13-8-4-7-12-9-14(17(19)20)18-16(12)13/h3-9,18H,1-2H3,(H,19,20). The van der Waals surface area contributed by atoms with Crippen molar-refractivity contribution in [3.63, 3.8) is 0 Å². The Hall–Kier alpha value is -2.55. The van der Waals surface area contributed by atoms with Crippen LogP contribution in [0.1, 0.15) is 21.6 Å². The number of carbonyl (C=O) groups is 1. The highest BCUT2D eigenvalue weighted by molar-refractivity contribution is 6.00. The second-order valence-electron chi connectivity index (χ2n) is 5.02. The quantitative estimate of drug-likeness (QED) is 0.731. The number of hydrogen-bond donors (Lipinski definition) is 2. The molecule has 0 spiro atoms. The molecule has 0 aliphatic carbocycles. The summed E-state index contributed by atoms with van der Waals surface area (Å²) in [7, 11) is 0. The average molecular weight is 265 g/mol. The average Bonchev–Trinajstić information content (AvgIpc) is 2.83. The van der Waals surface area contributed by atoms with Gasteiger partial charge in [0.2, 0.25) is 0 Å². The zero-order valence-electron chi connectivity index (χ0n) is 11.4. The monoisotopic (exact) mass is 265 g/mol. The number of aromatic nitrogens is 1. The number of fused-ring (bicyclic) bond motifs is 1. The molecule has 0 aliphatic rings. The zero-order chi connectivity index (χ0) is 14.3. The fraction of sp³-hybridized carbons (Fsp3) is 0.118. The first-order valence-corrected chi connectivity index (χ1v) is 6.49. The van der Waals surface area contributed by atoms with Crippen molar-refractivity contribution in [1.29, 1.82) is 0 Å². The number of aromatic amines is 1. The number of nitrogens with one attached hydrogen (secondary N) is 1. The first-order valence-electron chi connectivity index (χ1n) is 6.49. The maximum absolute atomic E-state index is 11.1. The number of carboxylic acids is 1. The van der Waals surface area contributed by atoms with Crippen molar-refractivity contribution < 1.29 is 9.90 Å². The van der Waals surface area contributed by atoms with Crippen molar-refractivity contribution >= 4 is 16.9 Å². The van der Waals surface area contributed by atoms with Crippen molar-refractivity contribution in [2.75, 3.05) is 0 Å². The minimum absolute atomic E-state index is 0.221. The summed E-state index contributed by atoms with van der Waals surface area (Å²) in [5.74, 6) is -0.936. The van der Waals surface area contributed by atoms with Crippen LogP contribution in [0, 0.1) is 13.8 Å². The van der Waals surface area contributed by atoms with Crippen molar-refractivity contribution in [3.8, 4) is 11.1 Å². The van der Waals surface area contributed by atoms with Gasteiger partial charge in [-0.1, -0.05) is 36.4 Å². The zero-order valence-corrected chi connectivity index (χ0v) is 11.4. The van der Waals surface area contributed by atoms with E-state index >= 15 is 0 Å². The fourth-order valence-corrected chi connectivity index (χ4v) is 2.72. The number of aryl methyl sites for hydroxylation is 2. The predicted molar refractivity (Wildman–Crippen MR) is 80.2 cm³/mol. The number of para-hydroxylation sites is 1. The van der Waals surface area contributed by atoms with E-state index in [1.165, 1.54) is 11.1 Å². The highest BCUT2D eigenvalue weighted by Crippen LogP contribution is 2.33. The summed E-state index contributed by atoms with van der Waals surface area (Å²) >= 11 is 0. The lowest BCUT2D eigenvalue weighted by Gasteiger charge is -2.11. The molecule has 0 atom stereocenters. The molecular weight excluding hydrogens is 250 g/mol. The van der Waals surface area contributed by atoms with Gasteiger partial charge < -0.3 is 10.1 Å². The van der Waals surface area contributed by atoms with E-state index in [4.69, 9.17) is 5.11 Å². The Balaban J connectivity index is 2.34. The molecule has 0 fully saturated rings. The Morgan fingerprint density at radius 2 is 1.70 bits per heavy atom. The first-order chi connectivity index (χ1) is 9.58. The summed E-state index contributed by atoms with van der Waals surface area (Å²) in [4.78, 5) is 14.1. The molecule has 0 bridgehead atoms. The second kappa shape index (κ2) is 4.53. The van der Waals surface area contributed by atoms with E-state index in [1.807, 2.05) is 24.3 Å². The second-order valence-corrected chi connectivity index (χ2v) is 5.02. The van der Waals surface area contributed by atoms with Gasteiger partial charge >= 0.3 is 5.97 Å².